The van der Waals surface area contributed by atoms with Crippen LogP contribution in [0.2, 0.25) is 0 Å². The van der Waals surface area contributed by atoms with E-state index in [0.29, 0.717) is 6.61 Å². The molecule has 0 spiro atoms. The van der Waals surface area contributed by atoms with Crippen LogP contribution in [-0.2, 0) is 6.54 Å². The minimum Gasteiger partial charge on any atom is -0.490 e. The number of rotatable bonds is 7. The van der Waals surface area contributed by atoms with Crippen molar-refractivity contribution >= 4 is 0 Å². The van der Waals surface area contributed by atoms with Crippen molar-refractivity contribution < 1.29 is 4.74 Å². The second-order valence-electron chi connectivity index (χ2n) is 5.03. The Bertz CT molecular complexity index is 408. The zero-order valence-corrected chi connectivity index (χ0v) is 11.5. The Labute approximate surface area is 116 Å². The fourth-order valence-electron chi connectivity index (χ4n) is 2.32. The number of hydrogen-bond acceptors (Lipinski definition) is 2. The van der Waals surface area contributed by atoms with E-state index in [0.717, 1.165) is 24.8 Å². The lowest BCUT2D eigenvalue weighted by Gasteiger charge is -2.18. The molecule has 0 bridgehead atoms. The number of nitrogens with one attached hydrogen (secondary N) is 1. The van der Waals surface area contributed by atoms with Gasteiger partial charge >= 0.3 is 0 Å². The Morgan fingerprint density at radius 3 is 2.79 bits per heavy atom. The van der Waals surface area contributed by atoms with Crippen molar-refractivity contribution in [3.63, 3.8) is 0 Å². The smallest absolute Gasteiger partial charge is 0.119 e. The summed E-state index contributed by atoms with van der Waals surface area (Å²) in [6, 6.07) is 8.27. The van der Waals surface area contributed by atoms with Crippen molar-refractivity contribution in [1.82, 2.24) is 5.32 Å². The molecule has 2 nitrogen and oxygen atoms in total. The first-order chi connectivity index (χ1) is 9.38. The molecular weight excluding hydrogens is 234 g/mol. The van der Waals surface area contributed by atoms with Gasteiger partial charge in [-0.2, -0.15) is 0 Å². The highest BCUT2D eigenvalue weighted by atomic mass is 16.5. The molecule has 1 unspecified atom stereocenters. The molecule has 19 heavy (non-hydrogen) atoms. The van der Waals surface area contributed by atoms with Gasteiger partial charge in [-0.15, -0.1) is 0 Å². The molecule has 0 radical (unpaired) electrons. The Morgan fingerprint density at radius 2 is 2.11 bits per heavy atom. The highest BCUT2D eigenvalue weighted by Crippen LogP contribution is 2.17. The Kier molecular flexibility index (Phi) is 5.70. The summed E-state index contributed by atoms with van der Waals surface area (Å²) in [6.45, 7) is 6.24. The van der Waals surface area contributed by atoms with Gasteiger partial charge in [0.1, 0.15) is 12.4 Å². The summed E-state index contributed by atoms with van der Waals surface area (Å²) in [5.41, 5.74) is 1.30. The largest absolute Gasteiger partial charge is 0.490 e. The third kappa shape index (κ3) is 4.92. The van der Waals surface area contributed by atoms with Crippen molar-refractivity contribution in [3.05, 3.63) is 54.6 Å². The summed E-state index contributed by atoms with van der Waals surface area (Å²) in [5, 5.41) is 3.54. The van der Waals surface area contributed by atoms with Crippen LogP contribution in [-0.4, -0.2) is 13.2 Å². The highest BCUT2D eigenvalue weighted by Gasteiger charge is 2.08. The van der Waals surface area contributed by atoms with Crippen molar-refractivity contribution in [1.29, 1.82) is 0 Å². The van der Waals surface area contributed by atoms with Crippen LogP contribution < -0.4 is 10.1 Å². The van der Waals surface area contributed by atoms with E-state index < -0.39 is 0 Å². The molecule has 0 aromatic heterocycles. The van der Waals surface area contributed by atoms with Gasteiger partial charge in [-0.05, 0) is 49.4 Å². The lowest BCUT2D eigenvalue weighted by Crippen LogP contribution is -2.23. The molecule has 1 atom stereocenters. The van der Waals surface area contributed by atoms with Crippen LogP contribution >= 0.6 is 0 Å². The number of ether oxygens (including phenoxy) is 1. The van der Waals surface area contributed by atoms with Gasteiger partial charge in [0.2, 0.25) is 0 Å². The molecule has 1 aliphatic carbocycles. The van der Waals surface area contributed by atoms with Gasteiger partial charge in [0.25, 0.3) is 0 Å². The lowest BCUT2D eigenvalue weighted by atomic mass is 9.94. The molecule has 0 saturated carbocycles. The minimum atomic E-state index is 0.562. The summed E-state index contributed by atoms with van der Waals surface area (Å²) in [7, 11) is 0. The molecule has 1 aliphatic rings. The molecule has 0 fully saturated rings. The van der Waals surface area contributed by atoms with Gasteiger partial charge in [0, 0.05) is 6.54 Å². The molecule has 1 aromatic rings. The molecule has 0 aliphatic heterocycles. The minimum absolute atomic E-state index is 0.562. The van der Waals surface area contributed by atoms with Crippen LogP contribution in [0.4, 0.5) is 0 Å². The summed E-state index contributed by atoms with van der Waals surface area (Å²) in [6.07, 6.45) is 10.1. The summed E-state index contributed by atoms with van der Waals surface area (Å²) in [5.74, 6) is 1.71. The van der Waals surface area contributed by atoms with Crippen LogP contribution in [0.5, 0.6) is 5.75 Å². The standard InChI is InChI=1S/C17H23NO/c1-2-12-19-17-10-8-16(9-11-17)14-18-13-15-6-4-3-5-7-15/h2-4,8-11,15,18H,1,5-7,12-14H2. The maximum atomic E-state index is 5.46. The molecule has 0 saturated heterocycles. The quantitative estimate of drug-likeness (QED) is 0.752. The molecule has 2 rings (SSSR count). The predicted octanol–water partition coefficient (Wildman–Crippen LogP) is 3.70. The average molecular weight is 257 g/mol. The number of hydrogen-bond donors (Lipinski definition) is 1. The van der Waals surface area contributed by atoms with Crippen molar-refractivity contribution in [2.45, 2.75) is 25.8 Å². The van der Waals surface area contributed by atoms with E-state index in [4.69, 9.17) is 4.74 Å². The second-order valence-corrected chi connectivity index (χ2v) is 5.03. The summed E-state index contributed by atoms with van der Waals surface area (Å²) in [4.78, 5) is 0. The van der Waals surface area contributed by atoms with Crippen LogP contribution in [0, 0.1) is 5.92 Å². The zero-order chi connectivity index (χ0) is 13.3. The molecule has 1 aromatic carbocycles. The van der Waals surface area contributed by atoms with Gasteiger partial charge in [-0.25, -0.2) is 0 Å². The Morgan fingerprint density at radius 1 is 1.26 bits per heavy atom. The first-order valence-electron chi connectivity index (χ1n) is 7.07. The van der Waals surface area contributed by atoms with E-state index in [9.17, 15) is 0 Å². The topological polar surface area (TPSA) is 21.3 Å². The van der Waals surface area contributed by atoms with E-state index in [-0.39, 0.29) is 0 Å². The maximum Gasteiger partial charge on any atom is 0.119 e. The van der Waals surface area contributed by atoms with Gasteiger partial charge in [-0.1, -0.05) is 36.9 Å². The van der Waals surface area contributed by atoms with Gasteiger partial charge in [0.15, 0.2) is 0 Å². The van der Waals surface area contributed by atoms with Gasteiger partial charge in [-0.3, -0.25) is 0 Å². The third-order valence-corrected chi connectivity index (χ3v) is 3.43. The molecular formula is C17H23NO. The average Bonchev–Trinajstić information content (AvgIpc) is 2.47. The van der Waals surface area contributed by atoms with E-state index in [2.05, 4.69) is 36.2 Å². The lowest BCUT2D eigenvalue weighted by molar-refractivity contribution is 0.363. The van der Waals surface area contributed by atoms with Crippen molar-refractivity contribution in [2.75, 3.05) is 13.2 Å². The zero-order valence-electron chi connectivity index (χ0n) is 11.5. The number of benzene rings is 1. The van der Waals surface area contributed by atoms with E-state index in [1.54, 1.807) is 6.08 Å². The van der Waals surface area contributed by atoms with E-state index in [1.807, 2.05) is 12.1 Å². The molecule has 0 heterocycles. The van der Waals surface area contributed by atoms with Crippen LogP contribution in [0.25, 0.3) is 0 Å². The Hall–Kier alpha value is -1.54. The summed E-state index contributed by atoms with van der Waals surface area (Å²) >= 11 is 0. The SMILES string of the molecule is C=CCOc1ccc(CNCC2CC=CCC2)cc1. The molecule has 1 N–H and O–H groups in total. The predicted molar refractivity (Wildman–Crippen MR) is 80.3 cm³/mol. The molecule has 2 heteroatoms. The maximum absolute atomic E-state index is 5.46. The van der Waals surface area contributed by atoms with Crippen molar-refractivity contribution in [2.24, 2.45) is 5.92 Å². The summed E-state index contributed by atoms with van der Waals surface area (Å²) < 4.78 is 5.46. The molecule has 0 amide bonds. The first kappa shape index (κ1) is 13.9. The third-order valence-electron chi connectivity index (χ3n) is 3.43. The van der Waals surface area contributed by atoms with E-state index in [1.165, 1.54) is 24.8 Å². The Balaban J connectivity index is 1.70. The number of allylic oxidation sites excluding steroid dienone is 2. The second kappa shape index (κ2) is 7.80. The van der Waals surface area contributed by atoms with Gasteiger partial charge in [0.05, 0.1) is 0 Å². The van der Waals surface area contributed by atoms with E-state index >= 15 is 0 Å². The van der Waals surface area contributed by atoms with Crippen LogP contribution in [0.15, 0.2) is 49.1 Å². The van der Waals surface area contributed by atoms with Crippen LogP contribution in [0.1, 0.15) is 24.8 Å². The van der Waals surface area contributed by atoms with Crippen LogP contribution in [0.3, 0.4) is 0 Å². The fourth-order valence-corrected chi connectivity index (χ4v) is 2.32. The van der Waals surface area contributed by atoms with Crippen molar-refractivity contribution in [3.8, 4) is 5.75 Å². The fraction of sp³-hybridized carbons (Fsp3) is 0.412. The first-order valence-corrected chi connectivity index (χ1v) is 7.07. The normalized spacial score (nSPS) is 18.2. The monoisotopic (exact) mass is 257 g/mol. The van der Waals surface area contributed by atoms with Gasteiger partial charge < -0.3 is 10.1 Å². The highest BCUT2D eigenvalue weighted by molar-refractivity contribution is 5.27. The molecule has 102 valence electrons.